The van der Waals surface area contributed by atoms with E-state index in [0.717, 1.165) is 73.8 Å². The number of benzene rings is 3. The number of methoxy groups -OCH3 is 1. The van der Waals surface area contributed by atoms with Gasteiger partial charge in [-0.15, -0.1) is 0 Å². The second-order valence-corrected chi connectivity index (χ2v) is 9.03. The molecule has 40 heavy (non-hydrogen) atoms. The van der Waals surface area contributed by atoms with Crippen LogP contribution in [0.5, 0.6) is 5.75 Å². The summed E-state index contributed by atoms with van der Waals surface area (Å²) < 4.78 is 5.50. The molecule has 0 aliphatic carbocycles. The molecule has 4 rings (SSSR count). The quantitative estimate of drug-likeness (QED) is 0.286. The van der Waals surface area contributed by atoms with Crippen molar-refractivity contribution in [3.63, 3.8) is 0 Å². The van der Waals surface area contributed by atoms with Crippen molar-refractivity contribution >= 4 is 23.2 Å². The number of carbonyl (C=O) groups is 2. The van der Waals surface area contributed by atoms with Crippen LogP contribution in [0.2, 0.25) is 0 Å². The lowest BCUT2D eigenvalue weighted by molar-refractivity contribution is -0.116. The molecule has 0 aromatic heterocycles. The SMILES string of the molecule is CC.CC.COc1ccccc1N1CCN(CCCCC(=O)Nc2ccc(-c3cccc(C(N)=O)c3)cc2)CC1. The summed E-state index contributed by atoms with van der Waals surface area (Å²) in [6, 6.07) is 23.0. The molecular weight excluding hydrogens is 500 g/mol. The minimum Gasteiger partial charge on any atom is -0.495 e. The number of nitrogens with one attached hydrogen (secondary N) is 1. The number of amides is 2. The van der Waals surface area contributed by atoms with Crippen LogP contribution in [0.25, 0.3) is 11.1 Å². The van der Waals surface area contributed by atoms with Crippen LogP contribution in [0, 0.1) is 0 Å². The molecule has 1 aliphatic heterocycles. The zero-order valence-electron chi connectivity index (χ0n) is 24.8. The lowest BCUT2D eigenvalue weighted by atomic mass is 10.0. The molecule has 7 nitrogen and oxygen atoms in total. The van der Waals surface area contributed by atoms with Gasteiger partial charge in [0.25, 0.3) is 0 Å². The Bertz CT molecular complexity index is 1170. The molecule has 7 heteroatoms. The Labute approximate surface area is 240 Å². The Morgan fingerprint density at radius 3 is 2.15 bits per heavy atom. The van der Waals surface area contributed by atoms with Crippen LogP contribution in [-0.2, 0) is 4.79 Å². The molecule has 3 N–H and O–H groups in total. The molecule has 1 aliphatic rings. The van der Waals surface area contributed by atoms with Gasteiger partial charge in [0.05, 0.1) is 12.8 Å². The van der Waals surface area contributed by atoms with Crippen LogP contribution in [0.15, 0.2) is 72.8 Å². The van der Waals surface area contributed by atoms with Crippen molar-refractivity contribution < 1.29 is 14.3 Å². The van der Waals surface area contributed by atoms with Gasteiger partial charge in [-0.3, -0.25) is 14.5 Å². The van der Waals surface area contributed by atoms with E-state index in [1.54, 1.807) is 19.2 Å². The normalized spacial score (nSPS) is 12.8. The molecule has 1 fully saturated rings. The average molecular weight is 547 g/mol. The van der Waals surface area contributed by atoms with Gasteiger partial charge in [-0.05, 0) is 66.9 Å². The number of unbranched alkanes of at least 4 members (excludes halogenated alkanes) is 1. The fourth-order valence-corrected chi connectivity index (χ4v) is 4.55. The third-order valence-electron chi connectivity index (χ3n) is 6.58. The van der Waals surface area contributed by atoms with Crippen LogP contribution < -0.4 is 20.7 Å². The number of ether oxygens (including phenoxy) is 1. The molecule has 0 unspecified atom stereocenters. The average Bonchev–Trinajstić information content (AvgIpc) is 3.02. The molecule has 1 heterocycles. The number of nitrogens with two attached hydrogens (primary N) is 1. The monoisotopic (exact) mass is 546 g/mol. The zero-order chi connectivity index (χ0) is 29.3. The van der Waals surface area contributed by atoms with Crippen LogP contribution in [0.1, 0.15) is 57.3 Å². The van der Waals surface area contributed by atoms with E-state index in [1.165, 1.54) is 0 Å². The molecule has 216 valence electrons. The molecule has 2 amide bonds. The lowest BCUT2D eigenvalue weighted by Crippen LogP contribution is -2.46. The Kier molecular flexibility index (Phi) is 14.3. The minimum absolute atomic E-state index is 0.0273. The first-order chi connectivity index (χ1) is 19.5. The van der Waals surface area contributed by atoms with E-state index in [2.05, 4.69) is 21.2 Å². The number of carbonyl (C=O) groups excluding carboxylic acids is 2. The second kappa shape index (κ2) is 17.7. The second-order valence-electron chi connectivity index (χ2n) is 9.03. The predicted octanol–water partition coefficient (Wildman–Crippen LogP) is 6.44. The van der Waals surface area contributed by atoms with Gasteiger partial charge in [0.1, 0.15) is 5.75 Å². The van der Waals surface area contributed by atoms with E-state index in [4.69, 9.17) is 10.5 Å². The number of piperazine rings is 1. The number of hydrogen-bond donors (Lipinski definition) is 2. The molecule has 0 atom stereocenters. The van der Waals surface area contributed by atoms with Crippen molar-refractivity contribution in [1.29, 1.82) is 0 Å². The summed E-state index contributed by atoms with van der Waals surface area (Å²) in [7, 11) is 1.72. The summed E-state index contributed by atoms with van der Waals surface area (Å²) >= 11 is 0. The van der Waals surface area contributed by atoms with E-state index in [0.29, 0.717) is 12.0 Å². The molecule has 0 radical (unpaired) electrons. The number of primary amides is 1. The Hall–Kier alpha value is -3.84. The first-order valence-corrected chi connectivity index (χ1v) is 14.4. The maximum Gasteiger partial charge on any atom is 0.248 e. The predicted molar refractivity (Wildman–Crippen MR) is 167 cm³/mol. The van der Waals surface area contributed by atoms with Crippen molar-refractivity contribution in [2.45, 2.75) is 47.0 Å². The van der Waals surface area contributed by atoms with Gasteiger partial charge in [0.2, 0.25) is 11.8 Å². The van der Waals surface area contributed by atoms with Crippen molar-refractivity contribution in [1.82, 2.24) is 4.90 Å². The summed E-state index contributed by atoms with van der Waals surface area (Å²) in [5.41, 5.74) is 9.64. The van der Waals surface area contributed by atoms with Crippen molar-refractivity contribution in [2.24, 2.45) is 5.73 Å². The fourth-order valence-electron chi connectivity index (χ4n) is 4.55. The van der Waals surface area contributed by atoms with Crippen LogP contribution >= 0.6 is 0 Å². The molecular formula is C33H46N4O3. The maximum absolute atomic E-state index is 12.4. The minimum atomic E-state index is -0.448. The third kappa shape index (κ3) is 9.72. The van der Waals surface area contributed by atoms with Gasteiger partial charge in [0.15, 0.2) is 0 Å². The highest BCUT2D eigenvalue weighted by Gasteiger charge is 2.19. The Balaban J connectivity index is 0.00000134. The summed E-state index contributed by atoms with van der Waals surface area (Å²) in [6.07, 6.45) is 2.36. The van der Waals surface area contributed by atoms with Gasteiger partial charge in [-0.1, -0.05) is 64.1 Å². The van der Waals surface area contributed by atoms with Crippen LogP contribution in [0.3, 0.4) is 0 Å². The third-order valence-corrected chi connectivity index (χ3v) is 6.58. The molecule has 3 aromatic rings. The van der Waals surface area contributed by atoms with Crippen molar-refractivity contribution in [3.05, 3.63) is 78.4 Å². The van der Waals surface area contributed by atoms with Crippen molar-refractivity contribution in [2.75, 3.05) is 50.1 Å². The van der Waals surface area contributed by atoms with Crippen LogP contribution in [-0.4, -0.2) is 56.5 Å². The van der Waals surface area contributed by atoms with E-state index in [9.17, 15) is 9.59 Å². The zero-order valence-corrected chi connectivity index (χ0v) is 24.8. The molecule has 3 aromatic carbocycles. The topological polar surface area (TPSA) is 87.9 Å². The maximum atomic E-state index is 12.4. The van der Waals surface area contributed by atoms with E-state index in [1.807, 2.05) is 82.3 Å². The van der Waals surface area contributed by atoms with Gasteiger partial charge < -0.3 is 20.7 Å². The van der Waals surface area contributed by atoms with Gasteiger partial charge in [-0.25, -0.2) is 0 Å². The van der Waals surface area contributed by atoms with E-state index >= 15 is 0 Å². The molecule has 0 spiro atoms. The summed E-state index contributed by atoms with van der Waals surface area (Å²) in [5, 5.41) is 2.98. The van der Waals surface area contributed by atoms with E-state index < -0.39 is 5.91 Å². The first-order valence-electron chi connectivity index (χ1n) is 14.4. The Morgan fingerprint density at radius 2 is 1.50 bits per heavy atom. The molecule has 0 bridgehead atoms. The number of anilines is 2. The smallest absolute Gasteiger partial charge is 0.248 e. The van der Waals surface area contributed by atoms with Gasteiger partial charge in [-0.2, -0.15) is 0 Å². The number of hydrogen-bond acceptors (Lipinski definition) is 5. The summed E-state index contributed by atoms with van der Waals surface area (Å²) in [5.74, 6) is 0.499. The number of rotatable bonds is 10. The van der Waals surface area contributed by atoms with Gasteiger partial charge >= 0.3 is 0 Å². The van der Waals surface area contributed by atoms with Crippen molar-refractivity contribution in [3.8, 4) is 16.9 Å². The fraction of sp³-hybridized carbons (Fsp3) is 0.394. The number of nitrogens with zero attached hydrogens (tertiary/aromatic N) is 2. The highest BCUT2D eigenvalue weighted by atomic mass is 16.5. The Morgan fingerprint density at radius 1 is 0.825 bits per heavy atom. The summed E-state index contributed by atoms with van der Waals surface area (Å²) in [4.78, 5) is 28.7. The highest BCUT2D eigenvalue weighted by molar-refractivity contribution is 5.94. The first kappa shape index (κ1) is 32.4. The number of para-hydroxylation sites is 2. The largest absolute Gasteiger partial charge is 0.495 e. The van der Waals surface area contributed by atoms with Crippen LogP contribution in [0.4, 0.5) is 11.4 Å². The standard InChI is InChI=1S/C29H34N4O3.2C2H6/c1-36-27-10-3-2-9-26(27)33-19-17-32(18-20-33)16-5-4-11-28(34)31-25-14-12-22(13-15-25)23-7-6-8-24(21-23)29(30)35;2*1-2/h2-3,6-10,12-15,21H,4-5,11,16-20H2,1H3,(H2,30,35)(H,31,34);2*1-2H3. The summed E-state index contributed by atoms with van der Waals surface area (Å²) in [6.45, 7) is 13.0. The van der Waals surface area contributed by atoms with Gasteiger partial charge in [0, 0.05) is 43.9 Å². The highest BCUT2D eigenvalue weighted by Crippen LogP contribution is 2.28. The molecule has 0 saturated carbocycles. The van der Waals surface area contributed by atoms with E-state index in [-0.39, 0.29) is 5.91 Å². The molecule has 1 saturated heterocycles. The lowest BCUT2D eigenvalue weighted by Gasteiger charge is -2.36.